The van der Waals surface area contributed by atoms with Crippen molar-refractivity contribution < 1.29 is 27.5 Å². The number of nitrogens with zero attached hydrogens (tertiary/aromatic N) is 1. The number of carbonyl (C=O) groups is 3. The number of amides is 2. The Kier molecular flexibility index (Phi) is 6.71. The molecule has 0 saturated heterocycles. The number of benzene rings is 1. The van der Waals surface area contributed by atoms with Gasteiger partial charge in [-0.3, -0.25) is 14.3 Å². The van der Waals surface area contributed by atoms with Gasteiger partial charge in [0.1, 0.15) is 0 Å². The van der Waals surface area contributed by atoms with Crippen LogP contribution >= 0.6 is 0 Å². The van der Waals surface area contributed by atoms with Crippen LogP contribution in [0.2, 0.25) is 0 Å². The van der Waals surface area contributed by atoms with Crippen molar-refractivity contribution in [1.82, 2.24) is 10.2 Å². The number of ether oxygens (including phenoxy) is 1. The molecule has 0 aromatic heterocycles. The van der Waals surface area contributed by atoms with Crippen LogP contribution in [0.5, 0.6) is 0 Å². The standard InChI is InChI=1S/C14H19N3O6S/c1-17(2)13(19)8-15-12(18)9-23-14(20)10-6-4-5-7-11(10)16-24(3,21)22/h4-7,16H,8-9H2,1-3H3,(H,15,18). The lowest BCUT2D eigenvalue weighted by molar-refractivity contribution is -0.131. The molecule has 1 rings (SSSR count). The molecule has 0 saturated carbocycles. The molecule has 0 radical (unpaired) electrons. The molecular formula is C14H19N3O6S. The van der Waals surface area contributed by atoms with Crippen molar-refractivity contribution in [3.63, 3.8) is 0 Å². The fourth-order valence-electron chi connectivity index (χ4n) is 1.54. The van der Waals surface area contributed by atoms with Crippen molar-refractivity contribution in [2.24, 2.45) is 0 Å². The Hall–Kier alpha value is -2.62. The van der Waals surface area contributed by atoms with Gasteiger partial charge in [0.15, 0.2) is 6.61 Å². The molecule has 0 atom stereocenters. The second-order valence-corrected chi connectivity index (χ2v) is 6.81. The summed E-state index contributed by atoms with van der Waals surface area (Å²) in [6, 6.07) is 5.83. The maximum atomic E-state index is 12.0. The van der Waals surface area contributed by atoms with E-state index in [1.807, 2.05) is 0 Å². The summed E-state index contributed by atoms with van der Waals surface area (Å²) in [5.74, 6) is -1.82. The predicted octanol–water partition coefficient (Wildman–Crippen LogP) is -0.581. The fraction of sp³-hybridized carbons (Fsp3) is 0.357. The maximum absolute atomic E-state index is 12.0. The highest BCUT2D eigenvalue weighted by Crippen LogP contribution is 2.17. The molecule has 0 aliphatic rings. The zero-order valence-corrected chi connectivity index (χ0v) is 14.3. The average molecular weight is 357 g/mol. The molecule has 9 nitrogen and oxygen atoms in total. The normalized spacial score (nSPS) is 10.6. The van der Waals surface area contributed by atoms with E-state index in [0.717, 1.165) is 6.26 Å². The van der Waals surface area contributed by atoms with Crippen LogP contribution in [-0.2, 0) is 24.3 Å². The van der Waals surface area contributed by atoms with Crippen LogP contribution < -0.4 is 10.0 Å². The summed E-state index contributed by atoms with van der Waals surface area (Å²) in [6.45, 7) is -0.803. The van der Waals surface area contributed by atoms with Gasteiger partial charge in [-0.05, 0) is 12.1 Å². The number of sulfonamides is 1. The van der Waals surface area contributed by atoms with E-state index in [2.05, 4.69) is 10.0 Å². The number of hydrogen-bond donors (Lipinski definition) is 2. The van der Waals surface area contributed by atoms with Crippen molar-refractivity contribution in [3.8, 4) is 0 Å². The Morgan fingerprint density at radius 3 is 2.38 bits per heavy atom. The Bertz CT molecular complexity index is 730. The van der Waals surface area contributed by atoms with Crippen molar-refractivity contribution in [3.05, 3.63) is 29.8 Å². The van der Waals surface area contributed by atoms with Gasteiger partial charge in [-0.25, -0.2) is 13.2 Å². The van der Waals surface area contributed by atoms with Gasteiger partial charge >= 0.3 is 5.97 Å². The van der Waals surface area contributed by atoms with Crippen LogP contribution in [0, 0.1) is 0 Å². The van der Waals surface area contributed by atoms with Gasteiger partial charge in [0, 0.05) is 14.1 Å². The average Bonchev–Trinajstić information content (AvgIpc) is 2.49. The number of carbonyl (C=O) groups excluding carboxylic acids is 3. The molecule has 0 heterocycles. The SMILES string of the molecule is CN(C)C(=O)CNC(=O)COC(=O)c1ccccc1NS(C)(=O)=O. The summed E-state index contributed by atoms with van der Waals surface area (Å²) >= 11 is 0. The summed E-state index contributed by atoms with van der Waals surface area (Å²) in [5, 5.41) is 2.30. The van der Waals surface area contributed by atoms with Crippen LogP contribution in [0.3, 0.4) is 0 Å². The molecule has 0 aliphatic carbocycles. The largest absolute Gasteiger partial charge is 0.452 e. The summed E-state index contributed by atoms with van der Waals surface area (Å²) in [5.41, 5.74) is 0.0216. The highest BCUT2D eigenvalue weighted by Gasteiger charge is 2.16. The molecule has 1 aromatic carbocycles. The van der Waals surface area contributed by atoms with E-state index >= 15 is 0 Å². The van der Waals surface area contributed by atoms with Crippen LogP contribution in [0.1, 0.15) is 10.4 Å². The van der Waals surface area contributed by atoms with Crippen LogP contribution in [0.25, 0.3) is 0 Å². The first-order chi connectivity index (χ1) is 11.1. The van der Waals surface area contributed by atoms with Crippen molar-refractivity contribution >= 4 is 33.5 Å². The van der Waals surface area contributed by atoms with Gasteiger partial charge in [-0.1, -0.05) is 12.1 Å². The third-order valence-electron chi connectivity index (χ3n) is 2.71. The Balaban J connectivity index is 2.63. The molecule has 2 N–H and O–H groups in total. The molecule has 0 fully saturated rings. The third kappa shape index (κ3) is 6.65. The lowest BCUT2D eigenvalue weighted by Gasteiger charge is -2.12. The molecule has 0 aliphatic heterocycles. The second kappa shape index (κ2) is 8.29. The van der Waals surface area contributed by atoms with Gasteiger partial charge in [0.05, 0.1) is 24.1 Å². The zero-order chi connectivity index (χ0) is 18.3. The van der Waals surface area contributed by atoms with Gasteiger partial charge in [0.25, 0.3) is 5.91 Å². The molecule has 24 heavy (non-hydrogen) atoms. The number of nitrogens with one attached hydrogen (secondary N) is 2. The lowest BCUT2D eigenvalue weighted by Crippen LogP contribution is -2.38. The highest BCUT2D eigenvalue weighted by molar-refractivity contribution is 7.92. The number of hydrogen-bond acceptors (Lipinski definition) is 6. The lowest BCUT2D eigenvalue weighted by atomic mass is 10.2. The molecule has 132 valence electrons. The smallest absolute Gasteiger partial charge is 0.340 e. The fourth-order valence-corrected chi connectivity index (χ4v) is 2.12. The first-order valence-electron chi connectivity index (χ1n) is 6.81. The first kappa shape index (κ1) is 19.4. The van der Waals surface area contributed by atoms with E-state index in [4.69, 9.17) is 4.74 Å². The van der Waals surface area contributed by atoms with Gasteiger partial charge < -0.3 is 15.0 Å². The highest BCUT2D eigenvalue weighted by atomic mass is 32.2. The first-order valence-corrected chi connectivity index (χ1v) is 8.70. The number of esters is 1. The summed E-state index contributed by atoms with van der Waals surface area (Å²) in [6.07, 6.45) is 0.949. The molecule has 0 spiro atoms. The van der Waals surface area contributed by atoms with E-state index < -0.39 is 28.5 Å². The topological polar surface area (TPSA) is 122 Å². The third-order valence-corrected chi connectivity index (χ3v) is 3.30. The quantitative estimate of drug-likeness (QED) is 0.630. The van der Waals surface area contributed by atoms with E-state index in [1.165, 1.54) is 23.1 Å². The zero-order valence-electron chi connectivity index (χ0n) is 13.5. The number of likely N-dealkylation sites (N-methyl/N-ethyl adjacent to an activating group) is 1. The number of rotatable bonds is 7. The minimum atomic E-state index is -3.57. The minimum absolute atomic E-state index is 0.0277. The van der Waals surface area contributed by atoms with Crippen LogP contribution in [-0.4, -0.2) is 64.6 Å². The van der Waals surface area contributed by atoms with Crippen molar-refractivity contribution in [2.45, 2.75) is 0 Å². The predicted molar refractivity (Wildman–Crippen MR) is 86.9 cm³/mol. The molecule has 0 unspecified atom stereocenters. The molecule has 2 amide bonds. The summed E-state index contributed by atoms with van der Waals surface area (Å²) in [4.78, 5) is 36.2. The summed E-state index contributed by atoms with van der Waals surface area (Å²) in [7, 11) is -0.486. The Labute approximate surface area is 140 Å². The number of para-hydroxylation sites is 1. The van der Waals surface area contributed by atoms with E-state index in [9.17, 15) is 22.8 Å². The van der Waals surface area contributed by atoms with E-state index in [-0.39, 0.29) is 23.7 Å². The van der Waals surface area contributed by atoms with Gasteiger partial charge in [-0.2, -0.15) is 0 Å². The van der Waals surface area contributed by atoms with E-state index in [1.54, 1.807) is 20.2 Å². The van der Waals surface area contributed by atoms with Gasteiger partial charge in [-0.15, -0.1) is 0 Å². The Morgan fingerprint density at radius 2 is 1.79 bits per heavy atom. The van der Waals surface area contributed by atoms with Crippen LogP contribution in [0.15, 0.2) is 24.3 Å². The monoisotopic (exact) mass is 357 g/mol. The van der Waals surface area contributed by atoms with Crippen molar-refractivity contribution in [1.29, 1.82) is 0 Å². The minimum Gasteiger partial charge on any atom is -0.452 e. The molecule has 1 aromatic rings. The maximum Gasteiger partial charge on any atom is 0.340 e. The van der Waals surface area contributed by atoms with Crippen LogP contribution in [0.4, 0.5) is 5.69 Å². The van der Waals surface area contributed by atoms with E-state index in [0.29, 0.717) is 0 Å². The Morgan fingerprint density at radius 1 is 1.17 bits per heavy atom. The summed E-state index contributed by atoms with van der Waals surface area (Å²) < 4.78 is 29.6. The van der Waals surface area contributed by atoms with Crippen molar-refractivity contribution in [2.75, 3.05) is 38.2 Å². The molecular weight excluding hydrogens is 338 g/mol. The second-order valence-electron chi connectivity index (χ2n) is 5.06. The molecule has 0 bridgehead atoms. The van der Waals surface area contributed by atoms with Gasteiger partial charge in [0.2, 0.25) is 15.9 Å². The number of anilines is 1. The molecule has 10 heteroatoms.